The van der Waals surface area contributed by atoms with E-state index in [9.17, 15) is 19.2 Å². The van der Waals surface area contributed by atoms with Crippen LogP contribution in [0.1, 0.15) is 56.2 Å². The number of benzene rings is 1. The topological polar surface area (TPSA) is 180 Å². The Bertz CT molecular complexity index is 1350. The summed E-state index contributed by atoms with van der Waals surface area (Å²) in [6.07, 6.45) is 8.60. The van der Waals surface area contributed by atoms with Gasteiger partial charge in [-0.2, -0.15) is 0 Å². The molecule has 3 aromatic rings. The zero-order valence-electron chi connectivity index (χ0n) is 23.1. The molecule has 0 spiro atoms. The van der Waals surface area contributed by atoms with Crippen LogP contribution in [0.5, 0.6) is 0 Å². The Morgan fingerprint density at radius 2 is 1.95 bits per heavy atom. The first-order valence-corrected chi connectivity index (χ1v) is 13.9. The van der Waals surface area contributed by atoms with E-state index in [4.69, 9.17) is 9.94 Å². The van der Waals surface area contributed by atoms with Crippen LogP contribution in [0.25, 0.3) is 10.9 Å². The Balaban J connectivity index is 1.26. The molecule has 5 N–H and O–H groups in total. The number of aromatic amines is 1. The Morgan fingerprint density at radius 3 is 2.71 bits per heavy atom. The molecular formula is C28H37N7O6. The van der Waals surface area contributed by atoms with Crippen LogP contribution in [-0.4, -0.2) is 62.0 Å². The molecule has 4 rings (SSSR count). The number of rotatable bonds is 14. The van der Waals surface area contributed by atoms with Gasteiger partial charge in [0, 0.05) is 42.3 Å². The van der Waals surface area contributed by atoms with Gasteiger partial charge in [-0.3, -0.25) is 24.3 Å². The molecule has 0 saturated heterocycles. The predicted octanol–water partition coefficient (Wildman–Crippen LogP) is 1.76. The van der Waals surface area contributed by atoms with E-state index >= 15 is 0 Å². The summed E-state index contributed by atoms with van der Waals surface area (Å²) in [5.41, 5.74) is 3.94. The van der Waals surface area contributed by atoms with Gasteiger partial charge in [0.15, 0.2) is 0 Å². The van der Waals surface area contributed by atoms with Crippen molar-refractivity contribution in [3.63, 3.8) is 0 Å². The standard InChI is InChI=1S/C28H37N7O6/c1-41-28(39)24(13-20-15-29-23-9-5-4-8-22(20)23)31-25(36)10-11-35-17-21(32-34-35)16-30-27(38)19(14-26(37)33-40)12-18-6-2-3-7-18/h4-5,8-9,15,17-19,24,29,40H,2-3,6-7,10-14,16H2,1H3,(H,30,38)(H,31,36)(H,33,37)/t19?,24-/m0/s1. The molecule has 1 fully saturated rings. The largest absolute Gasteiger partial charge is 0.467 e. The van der Waals surface area contributed by atoms with E-state index in [0.29, 0.717) is 18.0 Å². The first-order chi connectivity index (χ1) is 19.9. The Morgan fingerprint density at radius 1 is 1.17 bits per heavy atom. The molecule has 3 amide bonds. The molecule has 0 radical (unpaired) electrons. The van der Waals surface area contributed by atoms with Gasteiger partial charge in [-0.15, -0.1) is 5.10 Å². The third-order valence-corrected chi connectivity index (χ3v) is 7.54. The van der Waals surface area contributed by atoms with E-state index in [0.717, 1.165) is 42.1 Å². The molecule has 0 aliphatic heterocycles. The van der Waals surface area contributed by atoms with Gasteiger partial charge >= 0.3 is 5.97 Å². The normalized spacial score (nSPS) is 14.9. The van der Waals surface area contributed by atoms with Crippen LogP contribution in [0.2, 0.25) is 0 Å². The maximum absolute atomic E-state index is 12.8. The fourth-order valence-corrected chi connectivity index (χ4v) is 5.39. The quantitative estimate of drug-likeness (QED) is 0.111. The van der Waals surface area contributed by atoms with Gasteiger partial charge in [-0.25, -0.2) is 10.3 Å². The van der Waals surface area contributed by atoms with Gasteiger partial charge in [0.1, 0.15) is 11.7 Å². The molecule has 0 bridgehead atoms. The molecule has 1 saturated carbocycles. The summed E-state index contributed by atoms with van der Waals surface area (Å²) in [6.45, 7) is 0.330. The highest BCUT2D eigenvalue weighted by atomic mass is 16.5. The Kier molecular flexibility index (Phi) is 10.4. The number of carbonyl (C=O) groups is 4. The van der Waals surface area contributed by atoms with Crippen molar-refractivity contribution in [2.45, 2.75) is 70.5 Å². The average molecular weight is 568 g/mol. The number of amides is 3. The molecule has 1 aliphatic carbocycles. The lowest BCUT2D eigenvalue weighted by Crippen LogP contribution is -2.43. The number of carbonyl (C=O) groups excluding carboxylic acids is 4. The highest BCUT2D eigenvalue weighted by Gasteiger charge is 2.27. The van der Waals surface area contributed by atoms with Crippen LogP contribution in [0.4, 0.5) is 0 Å². The monoisotopic (exact) mass is 567 g/mol. The zero-order chi connectivity index (χ0) is 29.2. The minimum atomic E-state index is -0.849. The second kappa shape index (κ2) is 14.4. The lowest BCUT2D eigenvalue weighted by Gasteiger charge is -2.19. The number of nitrogens with zero attached hydrogens (tertiary/aromatic N) is 3. The van der Waals surface area contributed by atoms with Gasteiger partial charge in [-0.1, -0.05) is 49.1 Å². The van der Waals surface area contributed by atoms with Crippen molar-refractivity contribution in [3.8, 4) is 0 Å². The minimum absolute atomic E-state index is 0.0519. The van der Waals surface area contributed by atoms with Crippen molar-refractivity contribution in [3.05, 3.63) is 47.9 Å². The number of H-pyrrole nitrogens is 1. The molecule has 13 heteroatoms. The van der Waals surface area contributed by atoms with Crippen molar-refractivity contribution in [1.29, 1.82) is 0 Å². The van der Waals surface area contributed by atoms with E-state index in [-0.39, 0.29) is 44.2 Å². The van der Waals surface area contributed by atoms with E-state index < -0.39 is 23.8 Å². The van der Waals surface area contributed by atoms with Gasteiger partial charge in [-0.05, 0) is 24.0 Å². The minimum Gasteiger partial charge on any atom is -0.467 e. The highest BCUT2D eigenvalue weighted by molar-refractivity contribution is 5.87. The molecule has 220 valence electrons. The summed E-state index contributed by atoms with van der Waals surface area (Å²) in [5.74, 6) is -1.91. The second-order valence-corrected chi connectivity index (χ2v) is 10.5. The summed E-state index contributed by atoms with van der Waals surface area (Å²) in [5, 5.41) is 23.5. The van der Waals surface area contributed by atoms with Crippen molar-refractivity contribution in [2.24, 2.45) is 11.8 Å². The smallest absolute Gasteiger partial charge is 0.328 e. The third kappa shape index (κ3) is 8.37. The van der Waals surface area contributed by atoms with Crippen LogP contribution in [0, 0.1) is 11.8 Å². The number of fused-ring (bicyclic) bond motifs is 1. The Labute approximate surface area is 237 Å². The fourth-order valence-electron chi connectivity index (χ4n) is 5.39. The zero-order valence-corrected chi connectivity index (χ0v) is 23.1. The molecule has 41 heavy (non-hydrogen) atoms. The summed E-state index contributed by atoms with van der Waals surface area (Å²) in [6, 6.07) is 6.86. The number of hydrogen-bond donors (Lipinski definition) is 5. The molecule has 2 aromatic heterocycles. The number of para-hydroxylation sites is 1. The molecule has 2 atom stereocenters. The van der Waals surface area contributed by atoms with E-state index in [1.807, 2.05) is 30.5 Å². The SMILES string of the molecule is COC(=O)[C@H](Cc1c[nH]c2ccccc12)NC(=O)CCn1cc(CNC(=O)C(CC(=O)NO)CC2CCCC2)nn1. The van der Waals surface area contributed by atoms with Crippen LogP contribution in [0.3, 0.4) is 0 Å². The summed E-state index contributed by atoms with van der Waals surface area (Å²) in [7, 11) is 1.28. The third-order valence-electron chi connectivity index (χ3n) is 7.54. The number of nitrogens with one attached hydrogen (secondary N) is 4. The lowest BCUT2D eigenvalue weighted by molar-refractivity contribution is -0.145. The van der Waals surface area contributed by atoms with Gasteiger partial charge < -0.3 is 20.4 Å². The number of hydrogen-bond acceptors (Lipinski definition) is 8. The number of aromatic nitrogens is 4. The van der Waals surface area contributed by atoms with Crippen LogP contribution in [0.15, 0.2) is 36.7 Å². The predicted molar refractivity (Wildman–Crippen MR) is 147 cm³/mol. The molecule has 1 aromatic carbocycles. The summed E-state index contributed by atoms with van der Waals surface area (Å²) in [4.78, 5) is 52.8. The molecule has 1 aliphatic rings. The van der Waals surface area contributed by atoms with Crippen LogP contribution >= 0.6 is 0 Å². The molecule has 2 heterocycles. The lowest BCUT2D eigenvalue weighted by atomic mass is 9.90. The Hall–Kier alpha value is -4.26. The maximum Gasteiger partial charge on any atom is 0.328 e. The summed E-state index contributed by atoms with van der Waals surface area (Å²) >= 11 is 0. The van der Waals surface area contributed by atoms with Crippen molar-refractivity contribution in [1.82, 2.24) is 36.1 Å². The maximum atomic E-state index is 12.8. The highest BCUT2D eigenvalue weighted by Crippen LogP contribution is 2.31. The van der Waals surface area contributed by atoms with Crippen molar-refractivity contribution >= 4 is 34.6 Å². The second-order valence-electron chi connectivity index (χ2n) is 10.5. The molecule has 13 nitrogen and oxygen atoms in total. The van der Waals surface area contributed by atoms with Crippen LogP contribution < -0.4 is 16.1 Å². The van der Waals surface area contributed by atoms with E-state index in [1.54, 1.807) is 11.7 Å². The average Bonchev–Trinajstić information content (AvgIpc) is 3.75. The first kappa shape index (κ1) is 29.7. The van der Waals surface area contributed by atoms with Crippen LogP contribution in [-0.2, 0) is 43.4 Å². The summed E-state index contributed by atoms with van der Waals surface area (Å²) < 4.78 is 6.40. The molecular weight excluding hydrogens is 530 g/mol. The van der Waals surface area contributed by atoms with E-state index in [1.165, 1.54) is 11.8 Å². The number of aryl methyl sites for hydroxylation is 1. The first-order valence-electron chi connectivity index (χ1n) is 13.9. The number of methoxy groups -OCH3 is 1. The van der Waals surface area contributed by atoms with Gasteiger partial charge in [0.25, 0.3) is 0 Å². The van der Waals surface area contributed by atoms with Crippen molar-refractivity contribution < 1.29 is 29.1 Å². The van der Waals surface area contributed by atoms with E-state index in [2.05, 4.69) is 25.9 Å². The number of ether oxygens (including phenoxy) is 1. The van der Waals surface area contributed by atoms with Gasteiger partial charge in [0.05, 0.1) is 26.4 Å². The number of hydroxylamine groups is 1. The fraction of sp³-hybridized carbons (Fsp3) is 0.500. The van der Waals surface area contributed by atoms with Crippen molar-refractivity contribution in [2.75, 3.05) is 7.11 Å². The van der Waals surface area contributed by atoms with Gasteiger partial charge in [0.2, 0.25) is 17.7 Å². The molecule has 1 unspecified atom stereocenters. The number of esters is 1.